The molecule has 2 aromatic heterocycles. The van der Waals surface area contributed by atoms with E-state index in [1.807, 2.05) is 30.3 Å². The van der Waals surface area contributed by atoms with E-state index >= 15 is 0 Å². The largest absolute Gasteiger partial charge is 0.318 e. The lowest BCUT2D eigenvalue weighted by Gasteiger charge is -2.30. The Labute approximate surface area is 199 Å². The normalized spacial score (nSPS) is 27.9. The van der Waals surface area contributed by atoms with Gasteiger partial charge in [-0.2, -0.15) is 10.2 Å². The lowest BCUT2D eigenvalue weighted by molar-refractivity contribution is 0.102. The van der Waals surface area contributed by atoms with E-state index in [0.29, 0.717) is 35.6 Å². The number of H-pyrrole nitrogens is 1. The summed E-state index contributed by atoms with van der Waals surface area (Å²) >= 11 is 0. The highest BCUT2D eigenvalue weighted by molar-refractivity contribution is 7.92. The molecule has 1 amide bonds. The highest BCUT2D eigenvalue weighted by Gasteiger charge is 2.53. The Bertz CT molecular complexity index is 1350. The Morgan fingerprint density at radius 1 is 1.26 bits per heavy atom. The standard InChI is InChI=1S/C25H29N5O3S/c1-25-12-17(25)11-19-20(13-25)28-29-22(19)24(31)27-18-14-26-30(15-18)23(16-7-3-2-4-8-16)21-9-5-6-10-34(21,32)33/h2-4,7-8,14-15,17,21,23H,5-6,9-13H2,1H3,(H,27,31)(H,28,29). The van der Waals surface area contributed by atoms with Gasteiger partial charge in [-0.15, -0.1) is 0 Å². The number of amides is 1. The molecule has 1 aromatic carbocycles. The number of aromatic amines is 1. The molecule has 8 nitrogen and oxygen atoms in total. The van der Waals surface area contributed by atoms with Crippen molar-refractivity contribution < 1.29 is 13.2 Å². The first-order chi connectivity index (χ1) is 16.3. The molecule has 2 fully saturated rings. The SMILES string of the molecule is CC12Cc3[nH]nc(C(=O)Nc4cnn(C(c5ccccc5)C5CCCCS5(=O)=O)c4)c3CC1C2. The molecule has 1 aliphatic heterocycles. The Balaban J connectivity index is 1.27. The Morgan fingerprint density at radius 2 is 2.09 bits per heavy atom. The van der Waals surface area contributed by atoms with Gasteiger partial charge < -0.3 is 5.32 Å². The van der Waals surface area contributed by atoms with Crippen molar-refractivity contribution in [3.05, 3.63) is 65.2 Å². The second-order valence-corrected chi connectivity index (χ2v) is 12.7. The number of nitrogens with one attached hydrogen (secondary N) is 2. The van der Waals surface area contributed by atoms with E-state index < -0.39 is 21.1 Å². The summed E-state index contributed by atoms with van der Waals surface area (Å²) in [5.41, 5.74) is 4.34. The average molecular weight is 480 g/mol. The summed E-state index contributed by atoms with van der Waals surface area (Å²) in [6, 6.07) is 9.18. The highest BCUT2D eigenvalue weighted by atomic mass is 32.2. The molecule has 9 heteroatoms. The van der Waals surface area contributed by atoms with Crippen LogP contribution in [0.25, 0.3) is 0 Å². The number of carbonyl (C=O) groups is 1. The number of fused-ring (bicyclic) bond motifs is 2. The molecule has 1 saturated carbocycles. The van der Waals surface area contributed by atoms with E-state index in [0.717, 1.165) is 36.1 Å². The van der Waals surface area contributed by atoms with Crippen LogP contribution < -0.4 is 5.32 Å². The van der Waals surface area contributed by atoms with Gasteiger partial charge in [0, 0.05) is 17.5 Å². The minimum Gasteiger partial charge on any atom is -0.318 e. The van der Waals surface area contributed by atoms with Crippen LogP contribution in [0.2, 0.25) is 0 Å². The smallest absolute Gasteiger partial charge is 0.276 e. The molecule has 2 N–H and O–H groups in total. The number of sulfone groups is 1. The topological polar surface area (TPSA) is 110 Å². The van der Waals surface area contributed by atoms with Crippen LogP contribution in [0.15, 0.2) is 42.7 Å². The second-order valence-electron chi connectivity index (χ2n) is 10.4. The first-order valence-electron chi connectivity index (χ1n) is 12.0. The number of hydrogen-bond acceptors (Lipinski definition) is 5. The molecule has 0 radical (unpaired) electrons. The summed E-state index contributed by atoms with van der Waals surface area (Å²) in [6.07, 6.45) is 8.53. The van der Waals surface area contributed by atoms with Gasteiger partial charge in [-0.1, -0.05) is 43.7 Å². The van der Waals surface area contributed by atoms with E-state index in [1.54, 1.807) is 17.1 Å². The predicted octanol–water partition coefficient (Wildman–Crippen LogP) is 3.54. The quantitative estimate of drug-likeness (QED) is 0.582. The van der Waals surface area contributed by atoms with Crippen molar-refractivity contribution >= 4 is 21.4 Å². The minimum atomic E-state index is -3.25. The van der Waals surface area contributed by atoms with Crippen molar-refractivity contribution in [1.82, 2.24) is 20.0 Å². The van der Waals surface area contributed by atoms with E-state index in [-0.39, 0.29) is 11.7 Å². The van der Waals surface area contributed by atoms with Gasteiger partial charge in [0.05, 0.1) is 28.9 Å². The molecule has 1 saturated heterocycles. The van der Waals surface area contributed by atoms with Crippen LogP contribution in [-0.2, 0) is 22.7 Å². The summed E-state index contributed by atoms with van der Waals surface area (Å²) in [6.45, 7) is 2.30. The average Bonchev–Trinajstić information content (AvgIpc) is 3.10. The van der Waals surface area contributed by atoms with Gasteiger partial charge in [0.1, 0.15) is 0 Å². The molecule has 2 aliphatic carbocycles. The van der Waals surface area contributed by atoms with Gasteiger partial charge in [-0.3, -0.25) is 14.6 Å². The van der Waals surface area contributed by atoms with E-state index in [4.69, 9.17) is 0 Å². The van der Waals surface area contributed by atoms with Crippen molar-refractivity contribution in [3.8, 4) is 0 Å². The van der Waals surface area contributed by atoms with Crippen molar-refractivity contribution in [1.29, 1.82) is 0 Å². The number of rotatable bonds is 5. The second kappa shape index (κ2) is 7.80. The van der Waals surface area contributed by atoms with Crippen LogP contribution in [0.3, 0.4) is 0 Å². The monoisotopic (exact) mass is 479 g/mol. The maximum atomic E-state index is 13.1. The van der Waals surface area contributed by atoms with Crippen LogP contribution in [0.1, 0.15) is 66.0 Å². The third-order valence-corrected chi connectivity index (χ3v) is 10.3. The fraction of sp³-hybridized carbons (Fsp3) is 0.480. The maximum absolute atomic E-state index is 13.1. The van der Waals surface area contributed by atoms with Crippen LogP contribution in [0.5, 0.6) is 0 Å². The predicted molar refractivity (Wildman–Crippen MR) is 128 cm³/mol. The molecule has 3 heterocycles. The Morgan fingerprint density at radius 3 is 2.88 bits per heavy atom. The van der Waals surface area contributed by atoms with Crippen LogP contribution in [0, 0.1) is 11.3 Å². The fourth-order valence-electron chi connectivity index (χ4n) is 5.91. The van der Waals surface area contributed by atoms with Gasteiger partial charge in [-0.05, 0) is 49.0 Å². The van der Waals surface area contributed by atoms with Gasteiger partial charge in [0.15, 0.2) is 15.5 Å². The van der Waals surface area contributed by atoms with Gasteiger partial charge >= 0.3 is 0 Å². The number of nitrogens with zero attached hydrogens (tertiary/aromatic N) is 3. The molecular formula is C25H29N5O3S. The first-order valence-corrected chi connectivity index (χ1v) is 13.7. The molecule has 34 heavy (non-hydrogen) atoms. The zero-order valence-electron chi connectivity index (χ0n) is 19.2. The number of anilines is 1. The summed E-state index contributed by atoms with van der Waals surface area (Å²) in [5.74, 6) is 0.578. The van der Waals surface area contributed by atoms with Crippen molar-refractivity contribution in [2.75, 3.05) is 11.1 Å². The van der Waals surface area contributed by atoms with E-state index in [2.05, 4.69) is 27.5 Å². The van der Waals surface area contributed by atoms with Crippen LogP contribution >= 0.6 is 0 Å². The number of hydrogen-bond donors (Lipinski definition) is 2. The third-order valence-electron chi connectivity index (χ3n) is 8.00. The zero-order chi connectivity index (χ0) is 23.5. The van der Waals surface area contributed by atoms with Gasteiger partial charge in [0.25, 0.3) is 5.91 Å². The van der Waals surface area contributed by atoms with Gasteiger partial charge in [0.2, 0.25) is 0 Å². The molecule has 3 aliphatic rings. The van der Waals surface area contributed by atoms with Crippen molar-refractivity contribution in [3.63, 3.8) is 0 Å². The molecule has 0 bridgehead atoms. The summed E-state index contributed by atoms with van der Waals surface area (Å²) in [4.78, 5) is 13.1. The van der Waals surface area contributed by atoms with Crippen LogP contribution in [0.4, 0.5) is 5.69 Å². The molecule has 4 unspecified atom stereocenters. The zero-order valence-corrected chi connectivity index (χ0v) is 20.0. The summed E-state index contributed by atoms with van der Waals surface area (Å²) in [5, 5.41) is 14.3. The molecule has 4 atom stereocenters. The molecule has 3 aromatic rings. The molecule has 0 spiro atoms. The van der Waals surface area contributed by atoms with Crippen molar-refractivity contribution in [2.24, 2.45) is 11.3 Å². The van der Waals surface area contributed by atoms with Gasteiger partial charge in [-0.25, -0.2) is 8.42 Å². The lowest BCUT2D eigenvalue weighted by Crippen LogP contribution is -2.37. The third kappa shape index (κ3) is 3.66. The maximum Gasteiger partial charge on any atom is 0.276 e. The lowest BCUT2D eigenvalue weighted by atomic mass is 9.87. The van der Waals surface area contributed by atoms with Crippen molar-refractivity contribution in [2.45, 2.75) is 56.7 Å². The molecule has 178 valence electrons. The van der Waals surface area contributed by atoms with Crippen LogP contribution in [-0.4, -0.2) is 45.3 Å². The molecule has 6 rings (SSSR count). The fourth-order valence-corrected chi connectivity index (χ4v) is 8.02. The molecular weight excluding hydrogens is 450 g/mol. The number of aromatic nitrogens is 4. The van der Waals surface area contributed by atoms with E-state index in [9.17, 15) is 13.2 Å². The summed E-state index contributed by atoms with van der Waals surface area (Å²) < 4.78 is 27.6. The Hall–Kier alpha value is -2.94. The number of carbonyl (C=O) groups excluding carboxylic acids is 1. The van der Waals surface area contributed by atoms with E-state index in [1.165, 1.54) is 6.42 Å². The summed E-state index contributed by atoms with van der Waals surface area (Å²) in [7, 11) is -3.25. The first kappa shape index (κ1) is 21.6. The minimum absolute atomic E-state index is 0.205. The highest BCUT2D eigenvalue weighted by Crippen LogP contribution is 2.59. The Kier molecular flexibility index (Phi) is 4.95. The number of benzene rings is 1.